The minimum Gasteiger partial charge on any atom is -0.482 e. The molecule has 0 unspecified atom stereocenters. The van der Waals surface area contributed by atoms with Gasteiger partial charge in [0.1, 0.15) is 30.4 Å². The number of amides is 2. The number of esters is 1. The molecule has 2 amide bonds. The van der Waals surface area contributed by atoms with Crippen molar-refractivity contribution in [3.05, 3.63) is 47.9 Å². The molecular formula is C23H27N3O6. The fraction of sp³-hybridized carbons (Fsp3) is 0.435. The van der Waals surface area contributed by atoms with Crippen LogP contribution in [-0.4, -0.2) is 66.9 Å². The van der Waals surface area contributed by atoms with Gasteiger partial charge in [-0.1, -0.05) is 12.1 Å². The zero-order valence-corrected chi connectivity index (χ0v) is 18.1. The van der Waals surface area contributed by atoms with Crippen LogP contribution >= 0.6 is 0 Å². The second-order valence-electron chi connectivity index (χ2n) is 7.90. The molecule has 0 N–H and O–H groups in total. The Labute approximate surface area is 186 Å². The Balaban J connectivity index is 1.31. The average molecular weight is 441 g/mol. The maximum atomic E-state index is 13.0. The van der Waals surface area contributed by atoms with E-state index in [2.05, 4.69) is 4.90 Å². The first-order chi connectivity index (χ1) is 15.5. The van der Waals surface area contributed by atoms with Crippen molar-refractivity contribution in [2.45, 2.75) is 26.5 Å². The first-order valence-corrected chi connectivity index (χ1v) is 10.7. The van der Waals surface area contributed by atoms with Crippen LogP contribution in [-0.2, 0) is 32.3 Å². The van der Waals surface area contributed by atoms with Crippen molar-refractivity contribution >= 4 is 23.5 Å². The fourth-order valence-electron chi connectivity index (χ4n) is 3.92. The van der Waals surface area contributed by atoms with E-state index in [4.69, 9.17) is 13.9 Å². The number of nitrogens with zero attached hydrogens (tertiary/aromatic N) is 3. The molecule has 3 heterocycles. The van der Waals surface area contributed by atoms with Crippen LogP contribution in [0.4, 0.5) is 5.69 Å². The monoisotopic (exact) mass is 441 g/mol. The van der Waals surface area contributed by atoms with E-state index in [-0.39, 0.29) is 37.5 Å². The molecule has 1 aromatic heterocycles. The highest BCUT2D eigenvalue weighted by atomic mass is 16.5. The quantitative estimate of drug-likeness (QED) is 0.631. The van der Waals surface area contributed by atoms with Crippen LogP contribution in [0.2, 0.25) is 0 Å². The second kappa shape index (κ2) is 9.86. The lowest BCUT2D eigenvalue weighted by Gasteiger charge is -2.31. The number of carbonyl (C=O) groups excluding carboxylic acids is 3. The van der Waals surface area contributed by atoms with Gasteiger partial charge in [0.25, 0.3) is 5.91 Å². The average Bonchev–Trinajstić information content (AvgIpc) is 3.10. The molecule has 0 aliphatic carbocycles. The molecule has 0 radical (unpaired) electrons. The maximum Gasteiger partial charge on any atom is 0.303 e. The first kappa shape index (κ1) is 21.9. The van der Waals surface area contributed by atoms with Crippen molar-refractivity contribution in [2.75, 3.05) is 44.2 Å². The van der Waals surface area contributed by atoms with E-state index in [9.17, 15) is 14.4 Å². The van der Waals surface area contributed by atoms with Gasteiger partial charge in [-0.05, 0) is 30.7 Å². The van der Waals surface area contributed by atoms with Crippen LogP contribution in [0.15, 0.2) is 40.8 Å². The van der Waals surface area contributed by atoms with E-state index < -0.39 is 0 Å². The minimum absolute atomic E-state index is 0.0108. The molecule has 2 aromatic rings. The maximum absolute atomic E-state index is 13.0. The summed E-state index contributed by atoms with van der Waals surface area (Å²) < 4.78 is 16.2. The summed E-state index contributed by atoms with van der Waals surface area (Å²) in [6.07, 6.45) is 0.834. The third-order valence-electron chi connectivity index (χ3n) is 5.56. The summed E-state index contributed by atoms with van der Waals surface area (Å²) in [6, 6.07) is 11.0. The van der Waals surface area contributed by atoms with Gasteiger partial charge < -0.3 is 18.8 Å². The normalized spacial score (nSPS) is 16.8. The third-order valence-corrected chi connectivity index (χ3v) is 5.56. The Morgan fingerprint density at radius 1 is 1.03 bits per heavy atom. The number of furan rings is 1. The van der Waals surface area contributed by atoms with Crippen molar-refractivity contribution in [2.24, 2.45) is 0 Å². The van der Waals surface area contributed by atoms with E-state index in [0.29, 0.717) is 43.4 Å². The molecule has 2 aliphatic rings. The van der Waals surface area contributed by atoms with E-state index in [0.717, 1.165) is 18.7 Å². The molecule has 1 aromatic carbocycles. The lowest BCUT2D eigenvalue weighted by molar-refractivity contribution is -0.142. The van der Waals surface area contributed by atoms with Crippen LogP contribution in [0.5, 0.6) is 5.75 Å². The zero-order valence-electron chi connectivity index (χ0n) is 18.1. The Hall–Kier alpha value is -3.33. The molecule has 9 nitrogen and oxygen atoms in total. The van der Waals surface area contributed by atoms with Gasteiger partial charge in [-0.3, -0.25) is 24.2 Å². The Morgan fingerprint density at radius 2 is 1.84 bits per heavy atom. The molecule has 170 valence electrons. The van der Waals surface area contributed by atoms with E-state index in [1.54, 1.807) is 12.1 Å². The van der Waals surface area contributed by atoms with Gasteiger partial charge in [-0.15, -0.1) is 0 Å². The standard InChI is InChI=1S/C23H27N3O6/c1-17(27)30-15-19-8-7-18(32-19)13-24-9-4-10-25(12-11-24)22(28)14-26-20-5-2-3-6-21(20)31-16-23(26)29/h2-3,5-8H,4,9-16H2,1H3. The molecule has 9 heteroatoms. The Kier molecular flexibility index (Phi) is 6.75. The highest BCUT2D eigenvalue weighted by Gasteiger charge is 2.29. The number of hydrogen-bond acceptors (Lipinski definition) is 7. The van der Waals surface area contributed by atoms with Crippen LogP contribution < -0.4 is 9.64 Å². The number of hydrogen-bond donors (Lipinski definition) is 0. The van der Waals surface area contributed by atoms with Gasteiger partial charge in [0, 0.05) is 33.1 Å². The third kappa shape index (κ3) is 5.28. The highest BCUT2D eigenvalue weighted by molar-refractivity contribution is 6.02. The summed E-state index contributed by atoms with van der Waals surface area (Å²) in [7, 11) is 0. The molecule has 0 spiro atoms. The van der Waals surface area contributed by atoms with Gasteiger partial charge in [0.05, 0.1) is 12.2 Å². The Bertz CT molecular complexity index is 988. The summed E-state index contributed by atoms with van der Waals surface area (Å²) in [5.41, 5.74) is 0.635. The lowest BCUT2D eigenvalue weighted by atomic mass is 10.2. The van der Waals surface area contributed by atoms with Crippen molar-refractivity contribution < 1.29 is 28.3 Å². The van der Waals surface area contributed by atoms with E-state index in [1.165, 1.54) is 11.8 Å². The first-order valence-electron chi connectivity index (χ1n) is 10.7. The summed E-state index contributed by atoms with van der Waals surface area (Å²) >= 11 is 0. The molecule has 1 saturated heterocycles. The van der Waals surface area contributed by atoms with Crippen molar-refractivity contribution in [1.82, 2.24) is 9.80 Å². The number of rotatable bonds is 6. The van der Waals surface area contributed by atoms with Crippen LogP contribution in [0, 0.1) is 0 Å². The minimum atomic E-state index is -0.345. The number of anilines is 1. The summed E-state index contributed by atoms with van der Waals surface area (Å²) in [6.45, 7) is 4.84. The van der Waals surface area contributed by atoms with Gasteiger partial charge in [0.2, 0.25) is 5.91 Å². The van der Waals surface area contributed by atoms with Crippen LogP contribution in [0.1, 0.15) is 24.9 Å². The van der Waals surface area contributed by atoms with Gasteiger partial charge in [-0.2, -0.15) is 0 Å². The molecule has 32 heavy (non-hydrogen) atoms. The van der Waals surface area contributed by atoms with Crippen molar-refractivity contribution in [1.29, 1.82) is 0 Å². The topological polar surface area (TPSA) is 92.5 Å². The summed E-state index contributed by atoms with van der Waals surface area (Å²) in [5.74, 6) is 1.39. The number of carbonyl (C=O) groups is 3. The summed E-state index contributed by atoms with van der Waals surface area (Å²) in [4.78, 5) is 41.9. The second-order valence-corrected chi connectivity index (χ2v) is 7.90. The molecule has 1 fully saturated rings. The van der Waals surface area contributed by atoms with Crippen molar-refractivity contribution in [3.63, 3.8) is 0 Å². The van der Waals surface area contributed by atoms with Crippen molar-refractivity contribution in [3.8, 4) is 5.75 Å². The van der Waals surface area contributed by atoms with E-state index in [1.807, 2.05) is 29.2 Å². The smallest absolute Gasteiger partial charge is 0.303 e. The molecule has 0 atom stereocenters. The molecule has 4 rings (SSSR count). The molecule has 2 aliphatic heterocycles. The fourth-order valence-corrected chi connectivity index (χ4v) is 3.92. The van der Waals surface area contributed by atoms with E-state index >= 15 is 0 Å². The van der Waals surface area contributed by atoms with Crippen LogP contribution in [0.25, 0.3) is 0 Å². The lowest BCUT2D eigenvalue weighted by Crippen LogP contribution is -2.47. The predicted molar refractivity (Wildman–Crippen MR) is 115 cm³/mol. The Morgan fingerprint density at radius 3 is 2.69 bits per heavy atom. The van der Waals surface area contributed by atoms with Gasteiger partial charge >= 0.3 is 5.97 Å². The largest absolute Gasteiger partial charge is 0.482 e. The van der Waals surface area contributed by atoms with Gasteiger partial charge in [-0.25, -0.2) is 0 Å². The predicted octanol–water partition coefficient (Wildman–Crippen LogP) is 1.80. The number of fused-ring (bicyclic) bond motifs is 1. The zero-order chi connectivity index (χ0) is 22.5. The number of para-hydroxylation sites is 2. The highest BCUT2D eigenvalue weighted by Crippen LogP contribution is 2.31. The molecular weight excluding hydrogens is 414 g/mol. The SMILES string of the molecule is CC(=O)OCc1ccc(CN2CCCN(C(=O)CN3C(=O)COc4ccccc43)CC2)o1. The number of benzene rings is 1. The molecule has 0 bridgehead atoms. The summed E-state index contributed by atoms with van der Waals surface area (Å²) in [5, 5.41) is 0. The number of ether oxygens (including phenoxy) is 2. The van der Waals surface area contributed by atoms with Gasteiger partial charge in [0.15, 0.2) is 6.61 Å². The van der Waals surface area contributed by atoms with Crippen LogP contribution in [0.3, 0.4) is 0 Å². The molecule has 0 saturated carbocycles.